The van der Waals surface area contributed by atoms with Gasteiger partial charge in [0.15, 0.2) is 5.78 Å². The molecule has 0 heterocycles. The third-order valence-corrected chi connectivity index (χ3v) is 1.75. The zero-order valence-electron chi connectivity index (χ0n) is 7.26. The predicted molar refractivity (Wildman–Crippen MR) is 46.2 cm³/mol. The largest absolute Gasteiger partial charge is 0.295 e. The van der Waals surface area contributed by atoms with Crippen LogP contribution in [0.1, 0.15) is 22.8 Å². The highest BCUT2D eigenvalue weighted by atomic mass is 19.3. The van der Waals surface area contributed by atoms with Gasteiger partial charge in [0.25, 0.3) is 0 Å². The molecule has 0 N–H and O–H groups in total. The quantitative estimate of drug-likeness (QED) is 0.660. The number of alkyl halides is 2. The van der Waals surface area contributed by atoms with Crippen LogP contribution in [0.4, 0.5) is 8.78 Å². The highest BCUT2D eigenvalue weighted by molar-refractivity contribution is 5.93. The third kappa shape index (κ3) is 2.93. The number of hydrogen-bond donors (Lipinski definition) is 0. The van der Waals surface area contributed by atoms with Crippen LogP contribution in [0.5, 0.6) is 0 Å². The van der Waals surface area contributed by atoms with Crippen molar-refractivity contribution < 1.29 is 13.6 Å². The van der Waals surface area contributed by atoms with Crippen molar-refractivity contribution in [1.82, 2.24) is 0 Å². The molecular weight excluding hydrogens is 174 g/mol. The number of carbonyl (C=O) groups excluding carboxylic acids is 1. The first kappa shape index (κ1) is 9.84. The summed E-state index contributed by atoms with van der Waals surface area (Å²) < 4.78 is 23.8. The van der Waals surface area contributed by atoms with Crippen LogP contribution in [0, 0.1) is 0 Å². The Kier molecular flexibility index (Phi) is 3.12. The maximum atomic E-state index is 11.9. The zero-order chi connectivity index (χ0) is 9.84. The van der Waals surface area contributed by atoms with E-state index in [9.17, 15) is 13.6 Å². The highest BCUT2D eigenvalue weighted by Gasteiger charge is 2.04. The fourth-order valence-corrected chi connectivity index (χ4v) is 1.05. The van der Waals surface area contributed by atoms with Crippen molar-refractivity contribution in [2.24, 2.45) is 0 Å². The van der Waals surface area contributed by atoms with Crippen LogP contribution in [0.15, 0.2) is 24.3 Å². The van der Waals surface area contributed by atoms with Gasteiger partial charge in [-0.1, -0.05) is 24.3 Å². The van der Waals surface area contributed by atoms with Gasteiger partial charge >= 0.3 is 0 Å². The Labute approximate surface area is 75.4 Å². The molecule has 0 aliphatic rings. The molecule has 1 rings (SSSR count). The van der Waals surface area contributed by atoms with E-state index in [2.05, 4.69) is 0 Å². The van der Waals surface area contributed by atoms with Gasteiger partial charge in [0, 0.05) is 12.0 Å². The van der Waals surface area contributed by atoms with Gasteiger partial charge in [-0.25, -0.2) is 8.78 Å². The van der Waals surface area contributed by atoms with E-state index in [4.69, 9.17) is 0 Å². The van der Waals surface area contributed by atoms with Crippen LogP contribution >= 0.6 is 0 Å². The molecule has 70 valence electrons. The van der Waals surface area contributed by atoms with Crippen LogP contribution in [-0.2, 0) is 6.42 Å². The van der Waals surface area contributed by atoms with Crippen molar-refractivity contribution in [3.05, 3.63) is 35.4 Å². The van der Waals surface area contributed by atoms with Gasteiger partial charge in [-0.3, -0.25) is 4.79 Å². The van der Waals surface area contributed by atoms with E-state index < -0.39 is 6.43 Å². The van der Waals surface area contributed by atoms with Crippen LogP contribution < -0.4 is 0 Å². The van der Waals surface area contributed by atoms with Crippen LogP contribution in [-0.4, -0.2) is 12.2 Å². The number of ketones is 1. The molecule has 1 nitrogen and oxygen atoms in total. The van der Waals surface area contributed by atoms with E-state index in [1.54, 1.807) is 24.3 Å². The molecule has 0 bridgehead atoms. The highest BCUT2D eigenvalue weighted by Crippen LogP contribution is 2.09. The molecule has 1 aromatic rings. The molecule has 0 atom stereocenters. The van der Waals surface area contributed by atoms with Gasteiger partial charge in [-0.2, -0.15) is 0 Å². The third-order valence-electron chi connectivity index (χ3n) is 1.75. The Morgan fingerprint density at radius 2 is 1.85 bits per heavy atom. The van der Waals surface area contributed by atoms with Crippen molar-refractivity contribution in [2.75, 3.05) is 0 Å². The molecule has 3 heteroatoms. The normalized spacial score (nSPS) is 10.5. The standard InChI is InChI=1S/C10H10F2O/c1-7(13)9-4-2-8(3-5-9)6-10(11)12/h2-5,10H,6H2,1H3. The predicted octanol–water partition coefficient (Wildman–Crippen LogP) is 2.70. The van der Waals surface area contributed by atoms with E-state index in [0.29, 0.717) is 11.1 Å². The van der Waals surface area contributed by atoms with Crippen molar-refractivity contribution in [1.29, 1.82) is 0 Å². The first-order chi connectivity index (χ1) is 6.09. The number of Topliss-reactive ketones (excluding diaryl/α,β-unsaturated/α-hetero) is 1. The van der Waals surface area contributed by atoms with Crippen molar-refractivity contribution in [3.8, 4) is 0 Å². The Morgan fingerprint density at radius 3 is 2.23 bits per heavy atom. The van der Waals surface area contributed by atoms with Gasteiger partial charge < -0.3 is 0 Å². The lowest BCUT2D eigenvalue weighted by molar-refractivity contribution is 0.101. The molecule has 0 saturated heterocycles. The molecule has 0 aliphatic carbocycles. The fraction of sp³-hybridized carbons (Fsp3) is 0.300. The lowest BCUT2D eigenvalue weighted by Crippen LogP contribution is -1.98. The maximum Gasteiger partial charge on any atom is 0.242 e. The van der Waals surface area contributed by atoms with Gasteiger partial charge in [-0.05, 0) is 12.5 Å². The number of benzene rings is 1. The Morgan fingerprint density at radius 1 is 1.31 bits per heavy atom. The first-order valence-electron chi connectivity index (χ1n) is 3.97. The van der Waals surface area contributed by atoms with Gasteiger partial charge in [-0.15, -0.1) is 0 Å². The van der Waals surface area contributed by atoms with E-state index in [1.165, 1.54) is 6.92 Å². The molecule has 0 unspecified atom stereocenters. The van der Waals surface area contributed by atoms with E-state index in [-0.39, 0.29) is 12.2 Å². The fourth-order valence-electron chi connectivity index (χ4n) is 1.05. The molecule has 0 fully saturated rings. The summed E-state index contributed by atoms with van der Waals surface area (Å²) in [7, 11) is 0. The summed E-state index contributed by atoms with van der Waals surface area (Å²) in [5.74, 6) is -0.0522. The Hall–Kier alpha value is -1.25. The number of rotatable bonds is 3. The van der Waals surface area contributed by atoms with Crippen molar-refractivity contribution in [2.45, 2.75) is 19.8 Å². The van der Waals surface area contributed by atoms with E-state index in [1.807, 2.05) is 0 Å². The van der Waals surface area contributed by atoms with Gasteiger partial charge in [0.05, 0.1) is 0 Å². The van der Waals surface area contributed by atoms with Gasteiger partial charge in [0.2, 0.25) is 6.43 Å². The summed E-state index contributed by atoms with van der Waals surface area (Å²) in [6.45, 7) is 1.45. The molecule has 1 aromatic carbocycles. The lowest BCUT2D eigenvalue weighted by atomic mass is 10.1. The minimum absolute atomic E-state index is 0.0522. The summed E-state index contributed by atoms with van der Waals surface area (Å²) in [6.07, 6.45) is -2.58. The Bertz CT molecular complexity index is 290. The van der Waals surface area contributed by atoms with Crippen LogP contribution in [0.25, 0.3) is 0 Å². The van der Waals surface area contributed by atoms with E-state index in [0.717, 1.165) is 0 Å². The molecule has 0 spiro atoms. The number of halogens is 2. The Balaban J connectivity index is 2.75. The minimum Gasteiger partial charge on any atom is -0.295 e. The van der Waals surface area contributed by atoms with Crippen molar-refractivity contribution in [3.63, 3.8) is 0 Å². The van der Waals surface area contributed by atoms with Crippen LogP contribution in [0.2, 0.25) is 0 Å². The maximum absolute atomic E-state index is 11.9. The van der Waals surface area contributed by atoms with Crippen molar-refractivity contribution >= 4 is 5.78 Å². The monoisotopic (exact) mass is 184 g/mol. The molecular formula is C10H10F2O. The molecule has 13 heavy (non-hydrogen) atoms. The minimum atomic E-state index is -2.33. The molecule has 0 radical (unpaired) electrons. The molecule has 0 aromatic heterocycles. The van der Waals surface area contributed by atoms with Gasteiger partial charge in [0.1, 0.15) is 0 Å². The topological polar surface area (TPSA) is 17.1 Å². The SMILES string of the molecule is CC(=O)c1ccc(CC(F)F)cc1. The first-order valence-corrected chi connectivity index (χ1v) is 3.97. The second kappa shape index (κ2) is 4.12. The summed E-state index contributed by atoms with van der Waals surface area (Å²) in [5, 5.41) is 0. The molecule has 0 saturated carbocycles. The smallest absolute Gasteiger partial charge is 0.242 e. The average Bonchev–Trinajstić information content (AvgIpc) is 2.04. The average molecular weight is 184 g/mol. The van der Waals surface area contributed by atoms with Crippen LogP contribution in [0.3, 0.4) is 0 Å². The molecule has 0 aliphatic heterocycles. The zero-order valence-corrected chi connectivity index (χ0v) is 7.26. The summed E-state index contributed by atoms with van der Waals surface area (Å²) >= 11 is 0. The number of hydrogen-bond acceptors (Lipinski definition) is 1. The molecule has 0 amide bonds. The summed E-state index contributed by atoms with van der Waals surface area (Å²) in [6, 6.07) is 6.26. The summed E-state index contributed by atoms with van der Waals surface area (Å²) in [5.41, 5.74) is 1.11. The van der Waals surface area contributed by atoms with E-state index >= 15 is 0 Å². The second-order valence-electron chi connectivity index (χ2n) is 2.85. The lowest BCUT2D eigenvalue weighted by Gasteiger charge is -2.00. The number of carbonyl (C=O) groups is 1. The summed E-state index contributed by atoms with van der Waals surface area (Å²) in [4.78, 5) is 10.8. The second-order valence-corrected chi connectivity index (χ2v) is 2.85.